The van der Waals surface area contributed by atoms with Gasteiger partial charge in [-0.1, -0.05) is 20.8 Å². The van der Waals surface area contributed by atoms with Crippen LogP contribution in [-0.4, -0.2) is 28.1 Å². The van der Waals surface area contributed by atoms with E-state index in [0.29, 0.717) is 0 Å². The fourth-order valence-electron chi connectivity index (χ4n) is 2.45. The topological polar surface area (TPSA) is 12.9 Å². The summed E-state index contributed by atoms with van der Waals surface area (Å²) in [6.07, 6.45) is 12.6. The Balaban J connectivity index is 0.000000438. The predicted molar refractivity (Wildman–Crippen MR) is 109 cm³/mol. The number of aromatic nitrogens is 1. The molecule has 23 heavy (non-hydrogen) atoms. The van der Waals surface area contributed by atoms with Gasteiger partial charge in [-0.2, -0.15) is 0 Å². The van der Waals surface area contributed by atoms with Crippen LogP contribution in [0.15, 0.2) is 18.3 Å². The molecule has 0 saturated heterocycles. The second kappa shape index (κ2) is 16.1. The van der Waals surface area contributed by atoms with Crippen molar-refractivity contribution < 1.29 is 13.5 Å². The Labute approximate surface area is 157 Å². The molecule has 0 aliphatic rings. The van der Waals surface area contributed by atoms with Gasteiger partial charge in [-0.25, -0.2) is 0 Å². The maximum absolute atomic E-state index is 5.71. The van der Waals surface area contributed by atoms with E-state index in [1.807, 2.05) is 16.9 Å². The van der Waals surface area contributed by atoms with E-state index < -0.39 is 13.5 Å². The van der Waals surface area contributed by atoms with Crippen LogP contribution in [0.1, 0.15) is 57.7 Å². The molecule has 0 spiro atoms. The van der Waals surface area contributed by atoms with Crippen molar-refractivity contribution in [2.24, 2.45) is 0 Å². The number of aryl methyl sites for hydroxylation is 2. The number of hydrogen-bond donors (Lipinski definition) is 0. The Bertz CT molecular complexity index is 423. The fraction of sp³-hybridized carbons (Fsp3) is 0.667. The van der Waals surface area contributed by atoms with Gasteiger partial charge in [0.15, 0.2) is 0 Å². The van der Waals surface area contributed by atoms with Gasteiger partial charge in [-0.05, 0) is 19.3 Å². The Hall–Kier alpha value is 0.653. The molecule has 136 valence electrons. The summed E-state index contributed by atoms with van der Waals surface area (Å²) in [7, 11) is 11.5. The van der Waals surface area contributed by atoms with Gasteiger partial charge in [0.1, 0.15) is 0 Å². The van der Waals surface area contributed by atoms with Crippen LogP contribution in [0.3, 0.4) is 0 Å². The molecule has 1 aromatic heterocycles. The summed E-state index contributed by atoms with van der Waals surface area (Å²) >= 11 is -1.57. The first-order chi connectivity index (χ1) is 11.0. The van der Waals surface area contributed by atoms with Crippen molar-refractivity contribution in [2.75, 3.05) is 18.5 Å². The van der Waals surface area contributed by atoms with Crippen LogP contribution in [0.25, 0.3) is 0 Å². The van der Waals surface area contributed by atoms with Gasteiger partial charge in [-0.3, -0.25) is 0 Å². The number of pyridine rings is 1. The first-order valence-corrected chi connectivity index (χ1v) is 16.2. The Kier molecular flexibility index (Phi) is 16.6. The van der Waals surface area contributed by atoms with Crippen molar-refractivity contribution in [3.8, 4) is 0 Å². The normalized spacial score (nSPS) is 11.0. The Morgan fingerprint density at radius 2 is 1.65 bits per heavy atom. The monoisotopic (exact) mass is 466 g/mol. The summed E-state index contributed by atoms with van der Waals surface area (Å²) in [6, 6.07) is 4.08. The van der Waals surface area contributed by atoms with Crippen LogP contribution >= 0.6 is 27.3 Å². The first-order valence-electron chi connectivity index (χ1n) is 8.60. The molecule has 1 rings (SSSR count). The van der Waals surface area contributed by atoms with E-state index in [-0.39, 0.29) is 7.92 Å². The molecule has 1 aromatic rings. The molecule has 0 N–H and O–H groups in total. The summed E-state index contributed by atoms with van der Waals surface area (Å²) in [5.41, 5.74) is 2.36. The minimum absolute atomic E-state index is 0.103. The molecule has 0 aromatic carbocycles. The van der Waals surface area contributed by atoms with Crippen molar-refractivity contribution >= 4 is 31.9 Å². The number of halogens is 2. The zero-order valence-electron chi connectivity index (χ0n) is 15.0. The third kappa shape index (κ3) is 14.7. The van der Waals surface area contributed by atoms with Gasteiger partial charge >= 0.3 is 91.8 Å². The van der Waals surface area contributed by atoms with E-state index in [9.17, 15) is 0 Å². The predicted octanol–water partition coefficient (Wildman–Crippen LogP) is 6.48. The van der Waals surface area contributed by atoms with Gasteiger partial charge in [0.2, 0.25) is 0 Å². The molecule has 0 radical (unpaired) electrons. The summed E-state index contributed by atoms with van der Waals surface area (Å²) in [6.45, 7) is 9.01. The molecular formula is C18H33Cl2NPRu+. The average Bonchev–Trinajstić information content (AvgIpc) is 2.48. The molecule has 5 heteroatoms. The molecule has 0 unspecified atom stereocenters. The Morgan fingerprint density at radius 3 is 2.09 bits per heavy atom. The van der Waals surface area contributed by atoms with Crippen molar-refractivity contribution in [2.45, 2.75) is 59.8 Å². The zero-order valence-corrected chi connectivity index (χ0v) is 19.3. The van der Waals surface area contributed by atoms with Crippen molar-refractivity contribution in [1.82, 2.24) is 4.98 Å². The summed E-state index contributed by atoms with van der Waals surface area (Å²) in [5, 5.41) is 0. The van der Waals surface area contributed by atoms with E-state index in [0.717, 1.165) is 18.5 Å². The third-order valence-corrected chi connectivity index (χ3v) is 9.34. The van der Waals surface area contributed by atoms with Gasteiger partial charge in [0.05, 0.1) is 18.5 Å². The summed E-state index contributed by atoms with van der Waals surface area (Å²) in [5.74, 6) is 0. The van der Waals surface area contributed by atoms with E-state index in [4.69, 9.17) is 19.4 Å². The van der Waals surface area contributed by atoms with E-state index in [1.54, 1.807) is 18.5 Å². The van der Waals surface area contributed by atoms with E-state index >= 15 is 0 Å². The molecule has 1 heterocycles. The minimum atomic E-state index is -1.57. The Morgan fingerprint density at radius 1 is 1.09 bits per heavy atom. The third-order valence-electron chi connectivity index (χ3n) is 3.39. The van der Waals surface area contributed by atoms with Crippen LogP contribution in [0, 0.1) is 6.92 Å². The van der Waals surface area contributed by atoms with Crippen LogP contribution in [0.2, 0.25) is 0 Å². The second-order valence-corrected chi connectivity index (χ2v) is 14.6. The summed E-state index contributed by atoms with van der Waals surface area (Å²) < 4.78 is 2.01. The molecule has 1 nitrogen and oxygen atoms in total. The van der Waals surface area contributed by atoms with Crippen molar-refractivity contribution in [3.05, 3.63) is 29.6 Å². The van der Waals surface area contributed by atoms with E-state index in [2.05, 4.69) is 38.7 Å². The van der Waals surface area contributed by atoms with Gasteiger partial charge < -0.3 is 0 Å². The van der Waals surface area contributed by atoms with Crippen molar-refractivity contribution in [3.63, 3.8) is 0 Å². The molecule has 0 fully saturated rings. The zero-order chi connectivity index (χ0) is 17.5. The molecule has 0 atom stereocenters. The molecule has 0 bridgehead atoms. The van der Waals surface area contributed by atoms with Crippen LogP contribution in [0.4, 0.5) is 0 Å². The molecule has 0 aliphatic heterocycles. The standard InChI is InChI=1S/C9H11N.C9H21P.2ClH.Ru/c1-3-4-9-7-8(2)5-6-10-9;1-4-7-10(8-5-2)9-6-3;;;/h1,5-7H,3-4H2,2H3;4-9H2,1-3H3;2*1H;/q;;;;+2/p-1. The average molecular weight is 466 g/mol. The van der Waals surface area contributed by atoms with Crippen LogP contribution in [-0.2, 0) is 19.9 Å². The second-order valence-electron chi connectivity index (χ2n) is 5.71. The van der Waals surface area contributed by atoms with E-state index in [1.165, 1.54) is 24.8 Å². The van der Waals surface area contributed by atoms with Gasteiger partial charge in [0, 0.05) is 7.92 Å². The SMILES string of the molecule is CCC[PH+](CCC)CCC.Cc1ccnc(CC[CH]=[Ru]([Cl])[Cl])c1. The first kappa shape index (κ1) is 23.7. The summed E-state index contributed by atoms with van der Waals surface area (Å²) in [4.78, 5) is 4.25. The van der Waals surface area contributed by atoms with Crippen molar-refractivity contribution in [1.29, 1.82) is 0 Å². The van der Waals surface area contributed by atoms with Gasteiger partial charge in [-0.15, -0.1) is 0 Å². The number of nitrogens with zero attached hydrogens (tertiary/aromatic N) is 1. The number of hydrogen-bond acceptors (Lipinski definition) is 1. The molecular weight excluding hydrogens is 433 g/mol. The quantitative estimate of drug-likeness (QED) is 0.300. The van der Waals surface area contributed by atoms with Crippen LogP contribution in [0.5, 0.6) is 0 Å². The fourth-order valence-corrected chi connectivity index (χ4v) is 6.86. The molecule has 0 saturated carbocycles. The maximum atomic E-state index is 5.71. The van der Waals surface area contributed by atoms with Gasteiger partial charge in [0.25, 0.3) is 0 Å². The number of rotatable bonds is 9. The van der Waals surface area contributed by atoms with Crippen LogP contribution < -0.4 is 0 Å². The molecule has 0 amide bonds. The molecule has 0 aliphatic carbocycles.